The molecular weight excluding hydrogens is 376 g/mol. The van der Waals surface area contributed by atoms with Gasteiger partial charge in [0.05, 0.1) is 26.4 Å². The number of piperidine rings is 1. The fourth-order valence-electron chi connectivity index (χ4n) is 4.71. The van der Waals surface area contributed by atoms with Crippen LogP contribution in [0.1, 0.15) is 35.6 Å². The van der Waals surface area contributed by atoms with Crippen molar-refractivity contribution < 1.29 is 14.2 Å². The van der Waals surface area contributed by atoms with Crippen molar-refractivity contribution in [3.63, 3.8) is 0 Å². The summed E-state index contributed by atoms with van der Waals surface area (Å²) in [4.78, 5) is 2.41. The van der Waals surface area contributed by atoms with Gasteiger partial charge in [0.2, 0.25) is 0 Å². The Morgan fingerprint density at radius 1 is 1.07 bits per heavy atom. The number of likely N-dealkylation sites (tertiary alicyclic amines) is 1. The fourth-order valence-corrected chi connectivity index (χ4v) is 4.71. The molecule has 4 rings (SSSR count). The normalized spacial score (nSPS) is 22.2. The molecule has 2 atom stereocenters. The van der Waals surface area contributed by atoms with E-state index in [2.05, 4.69) is 47.5 Å². The molecule has 0 radical (unpaired) electrons. The summed E-state index contributed by atoms with van der Waals surface area (Å²) in [5.41, 5.74) is 9.63. The Labute approximate surface area is 179 Å². The number of rotatable bonds is 6. The SMILES string of the molecule is COc1ccc2c(c1OC)CC(C1CCN(C=Cc3ccccc3)CC1)OC2CN. The van der Waals surface area contributed by atoms with Crippen LogP contribution in [0.25, 0.3) is 6.08 Å². The number of ether oxygens (including phenoxy) is 3. The van der Waals surface area contributed by atoms with Gasteiger partial charge in [-0.2, -0.15) is 0 Å². The van der Waals surface area contributed by atoms with E-state index in [9.17, 15) is 0 Å². The van der Waals surface area contributed by atoms with Gasteiger partial charge >= 0.3 is 0 Å². The Kier molecular flexibility index (Phi) is 6.60. The van der Waals surface area contributed by atoms with E-state index in [1.165, 1.54) is 11.1 Å². The zero-order valence-electron chi connectivity index (χ0n) is 17.9. The molecule has 2 aliphatic heterocycles. The molecule has 2 heterocycles. The summed E-state index contributed by atoms with van der Waals surface area (Å²) in [7, 11) is 3.39. The molecule has 160 valence electrons. The van der Waals surface area contributed by atoms with Crippen molar-refractivity contribution in [3.05, 3.63) is 65.4 Å². The van der Waals surface area contributed by atoms with Gasteiger partial charge in [-0.25, -0.2) is 0 Å². The molecule has 0 aliphatic carbocycles. The van der Waals surface area contributed by atoms with Gasteiger partial charge in [-0.1, -0.05) is 36.4 Å². The van der Waals surface area contributed by atoms with E-state index in [0.717, 1.165) is 49.4 Å². The van der Waals surface area contributed by atoms with Gasteiger partial charge in [0.1, 0.15) is 0 Å². The second-order valence-electron chi connectivity index (χ2n) is 8.07. The molecule has 0 bridgehead atoms. The summed E-state index contributed by atoms with van der Waals surface area (Å²) in [6, 6.07) is 14.5. The second-order valence-corrected chi connectivity index (χ2v) is 8.07. The summed E-state index contributed by atoms with van der Waals surface area (Å²) in [6.07, 6.45) is 7.55. The Bertz CT molecular complexity index is 860. The van der Waals surface area contributed by atoms with Crippen molar-refractivity contribution in [2.45, 2.75) is 31.5 Å². The molecule has 2 aliphatic rings. The zero-order chi connectivity index (χ0) is 20.9. The van der Waals surface area contributed by atoms with Crippen LogP contribution in [-0.4, -0.2) is 44.9 Å². The average Bonchev–Trinajstić information content (AvgIpc) is 2.82. The summed E-state index contributed by atoms with van der Waals surface area (Å²) >= 11 is 0. The second kappa shape index (κ2) is 9.54. The standard InChI is InChI=1S/C25H32N2O3/c1-28-22-9-8-20-21(25(22)29-2)16-23(30-24(20)17-26)19-11-14-27(15-12-19)13-10-18-6-4-3-5-7-18/h3-10,13,19,23-24H,11-12,14-17,26H2,1-2H3. The first kappa shape index (κ1) is 20.8. The number of methoxy groups -OCH3 is 2. The highest BCUT2D eigenvalue weighted by Gasteiger charge is 2.35. The third-order valence-corrected chi connectivity index (χ3v) is 6.37. The molecule has 1 fully saturated rings. The highest BCUT2D eigenvalue weighted by molar-refractivity contribution is 5.53. The first-order chi connectivity index (χ1) is 14.7. The van der Waals surface area contributed by atoms with Crippen LogP contribution in [0.3, 0.4) is 0 Å². The molecule has 0 spiro atoms. The monoisotopic (exact) mass is 408 g/mol. The van der Waals surface area contributed by atoms with Gasteiger partial charge in [0.25, 0.3) is 0 Å². The topological polar surface area (TPSA) is 57.0 Å². The lowest BCUT2D eigenvalue weighted by molar-refractivity contribution is -0.0625. The first-order valence-electron chi connectivity index (χ1n) is 10.8. The molecule has 2 N–H and O–H groups in total. The van der Waals surface area contributed by atoms with E-state index < -0.39 is 0 Å². The number of hydrogen-bond donors (Lipinski definition) is 1. The third kappa shape index (κ3) is 4.32. The van der Waals surface area contributed by atoms with Gasteiger partial charge in [-0.15, -0.1) is 0 Å². The molecule has 2 aromatic rings. The molecular formula is C25H32N2O3. The summed E-state index contributed by atoms with van der Waals surface area (Å²) in [6.45, 7) is 2.56. The van der Waals surface area contributed by atoms with Crippen molar-refractivity contribution in [2.75, 3.05) is 33.9 Å². The Balaban J connectivity index is 1.44. The van der Waals surface area contributed by atoms with E-state index in [0.29, 0.717) is 12.5 Å². The maximum atomic E-state index is 6.48. The van der Waals surface area contributed by atoms with E-state index in [4.69, 9.17) is 19.9 Å². The molecule has 5 heteroatoms. The highest BCUT2D eigenvalue weighted by atomic mass is 16.5. The number of hydrogen-bond acceptors (Lipinski definition) is 5. The third-order valence-electron chi connectivity index (χ3n) is 6.37. The minimum Gasteiger partial charge on any atom is -0.493 e. The van der Waals surface area contributed by atoms with E-state index >= 15 is 0 Å². The van der Waals surface area contributed by atoms with Crippen molar-refractivity contribution in [1.29, 1.82) is 0 Å². The average molecular weight is 409 g/mol. The van der Waals surface area contributed by atoms with E-state index in [-0.39, 0.29) is 12.2 Å². The van der Waals surface area contributed by atoms with E-state index in [1.54, 1.807) is 14.2 Å². The zero-order valence-corrected chi connectivity index (χ0v) is 17.9. The van der Waals surface area contributed by atoms with Gasteiger partial charge < -0.3 is 24.8 Å². The summed E-state index contributed by atoms with van der Waals surface area (Å²) in [5.74, 6) is 2.11. The number of fused-ring (bicyclic) bond motifs is 1. The minimum atomic E-state index is -0.0884. The predicted molar refractivity (Wildman–Crippen MR) is 120 cm³/mol. The van der Waals surface area contributed by atoms with Crippen molar-refractivity contribution in [1.82, 2.24) is 4.90 Å². The van der Waals surface area contributed by atoms with Crippen molar-refractivity contribution >= 4 is 6.08 Å². The van der Waals surface area contributed by atoms with Crippen LogP contribution < -0.4 is 15.2 Å². The highest BCUT2D eigenvalue weighted by Crippen LogP contribution is 2.43. The molecule has 2 aromatic carbocycles. The molecule has 0 saturated carbocycles. The van der Waals surface area contributed by atoms with Crippen LogP contribution in [0.4, 0.5) is 0 Å². The van der Waals surface area contributed by atoms with Crippen LogP contribution in [0.2, 0.25) is 0 Å². The Hall–Kier alpha value is -2.50. The molecule has 2 unspecified atom stereocenters. The van der Waals surface area contributed by atoms with Gasteiger partial charge in [-0.3, -0.25) is 0 Å². The lowest BCUT2D eigenvalue weighted by atomic mass is 9.83. The number of nitrogens with zero attached hydrogens (tertiary/aromatic N) is 1. The Morgan fingerprint density at radius 2 is 1.83 bits per heavy atom. The van der Waals surface area contributed by atoms with Crippen molar-refractivity contribution in [2.24, 2.45) is 11.7 Å². The maximum absolute atomic E-state index is 6.48. The smallest absolute Gasteiger partial charge is 0.164 e. The predicted octanol–water partition coefficient (Wildman–Crippen LogP) is 4.03. The number of benzene rings is 2. The van der Waals surface area contributed by atoms with Crippen LogP contribution in [0.15, 0.2) is 48.7 Å². The lowest BCUT2D eigenvalue weighted by Gasteiger charge is -2.40. The lowest BCUT2D eigenvalue weighted by Crippen LogP contribution is -2.40. The van der Waals surface area contributed by atoms with Crippen molar-refractivity contribution in [3.8, 4) is 11.5 Å². The van der Waals surface area contributed by atoms with Crippen LogP contribution in [0, 0.1) is 5.92 Å². The van der Waals surface area contributed by atoms with Crippen LogP contribution in [0.5, 0.6) is 11.5 Å². The van der Waals surface area contributed by atoms with Crippen LogP contribution >= 0.6 is 0 Å². The molecule has 0 aromatic heterocycles. The molecule has 30 heavy (non-hydrogen) atoms. The maximum Gasteiger partial charge on any atom is 0.164 e. The summed E-state index contributed by atoms with van der Waals surface area (Å²) in [5, 5.41) is 0. The Morgan fingerprint density at radius 3 is 2.50 bits per heavy atom. The molecule has 5 nitrogen and oxygen atoms in total. The number of nitrogens with two attached hydrogens (primary N) is 1. The van der Waals surface area contributed by atoms with Gasteiger partial charge in [0.15, 0.2) is 11.5 Å². The minimum absolute atomic E-state index is 0.0884. The first-order valence-corrected chi connectivity index (χ1v) is 10.8. The molecule has 0 amide bonds. The molecule has 1 saturated heterocycles. The quantitative estimate of drug-likeness (QED) is 0.782. The van der Waals surface area contributed by atoms with Gasteiger partial charge in [0, 0.05) is 31.6 Å². The fraction of sp³-hybridized carbons (Fsp3) is 0.440. The van der Waals surface area contributed by atoms with Crippen LogP contribution in [-0.2, 0) is 11.2 Å². The van der Waals surface area contributed by atoms with E-state index in [1.807, 2.05) is 12.1 Å². The van der Waals surface area contributed by atoms with Gasteiger partial charge in [-0.05, 0) is 48.2 Å². The largest absolute Gasteiger partial charge is 0.493 e. The summed E-state index contributed by atoms with van der Waals surface area (Å²) < 4.78 is 17.7.